The van der Waals surface area contributed by atoms with Crippen molar-refractivity contribution < 1.29 is 4.74 Å². The van der Waals surface area contributed by atoms with Gasteiger partial charge in [-0.3, -0.25) is 0 Å². The van der Waals surface area contributed by atoms with Crippen LogP contribution in [0, 0.1) is 6.92 Å². The summed E-state index contributed by atoms with van der Waals surface area (Å²) in [5.41, 5.74) is 0. The van der Waals surface area contributed by atoms with Crippen molar-refractivity contribution in [3.8, 4) is 5.75 Å². The zero-order valence-electron chi connectivity index (χ0n) is 6.52. The van der Waals surface area contributed by atoms with E-state index in [0.29, 0.717) is 22.4 Å². The zero-order valence-corrected chi connectivity index (χ0v) is 8.03. The van der Waals surface area contributed by atoms with Crippen LogP contribution in [-0.2, 0) is 0 Å². The first-order chi connectivity index (χ1) is 5.74. The summed E-state index contributed by atoms with van der Waals surface area (Å²) in [7, 11) is 0. The second-order valence-electron chi connectivity index (χ2n) is 2.28. The van der Waals surface area contributed by atoms with E-state index in [4.69, 9.17) is 27.9 Å². The molecule has 65 valence electrons. The van der Waals surface area contributed by atoms with Crippen LogP contribution in [0.2, 0.25) is 10.0 Å². The number of benzene rings is 1. The maximum atomic E-state index is 5.84. The molecule has 0 bridgehead atoms. The van der Waals surface area contributed by atoms with Crippen molar-refractivity contribution in [2.45, 2.75) is 6.42 Å². The monoisotopic (exact) mass is 203 g/mol. The predicted octanol–water partition coefficient (Wildman–Crippen LogP) is 3.60. The van der Waals surface area contributed by atoms with E-state index < -0.39 is 0 Å². The van der Waals surface area contributed by atoms with Crippen LogP contribution >= 0.6 is 23.2 Å². The molecule has 0 heterocycles. The molecule has 1 aromatic rings. The molecule has 0 unspecified atom stereocenters. The minimum absolute atomic E-state index is 0.538. The highest BCUT2D eigenvalue weighted by atomic mass is 35.5. The Hall–Kier alpha value is -0.400. The summed E-state index contributed by atoms with van der Waals surface area (Å²) in [6.07, 6.45) is 0.721. The van der Waals surface area contributed by atoms with Crippen molar-refractivity contribution >= 4 is 23.2 Å². The van der Waals surface area contributed by atoms with Gasteiger partial charge in [-0.2, -0.15) is 0 Å². The molecule has 3 heteroatoms. The third kappa shape index (κ3) is 2.58. The van der Waals surface area contributed by atoms with Crippen LogP contribution < -0.4 is 4.74 Å². The number of hydrogen-bond donors (Lipinski definition) is 0. The minimum atomic E-state index is 0.538. The minimum Gasteiger partial charge on any atom is -0.492 e. The van der Waals surface area contributed by atoms with Crippen LogP contribution in [0.25, 0.3) is 0 Å². The second-order valence-corrected chi connectivity index (χ2v) is 3.12. The quantitative estimate of drug-likeness (QED) is 0.730. The Kier molecular flexibility index (Phi) is 3.70. The zero-order chi connectivity index (χ0) is 8.97. The Morgan fingerprint density at radius 1 is 1.33 bits per heavy atom. The van der Waals surface area contributed by atoms with Gasteiger partial charge in [-0.25, -0.2) is 0 Å². The van der Waals surface area contributed by atoms with Crippen LogP contribution in [0.4, 0.5) is 0 Å². The van der Waals surface area contributed by atoms with Gasteiger partial charge < -0.3 is 4.74 Å². The fraction of sp³-hybridized carbons (Fsp3) is 0.222. The van der Waals surface area contributed by atoms with E-state index >= 15 is 0 Å². The van der Waals surface area contributed by atoms with Crippen LogP contribution in [0.1, 0.15) is 6.42 Å². The topological polar surface area (TPSA) is 9.23 Å². The van der Waals surface area contributed by atoms with Crippen LogP contribution in [0.5, 0.6) is 5.75 Å². The number of halogens is 2. The number of rotatable bonds is 3. The maximum Gasteiger partial charge on any atom is 0.137 e. The highest BCUT2D eigenvalue weighted by Crippen LogP contribution is 2.27. The smallest absolute Gasteiger partial charge is 0.137 e. The van der Waals surface area contributed by atoms with Crippen LogP contribution in [0.3, 0.4) is 0 Å². The Bertz CT molecular complexity index is 261. The Morgan fingerprint density at radius 3 is 2.67 bits per heavy atom. The van der Waals surface area contributed by atoms with Gasteiger partial charge in [0, 0.05) is 5.02 Å². The lowest BCUT2D eigenvalue weighted by atomic mass is 10.3. The van der Waals surface area contributed by atoms with E-state index in [0.717, 1.165) is 6.42 Å². The van der Waals surface area contributed by atoms with Gasteiger partial charge in [-0.15, -0.1) is 0 Å². The summed E-state index contributed by atoms with van der Waals surface area (Å²) in [4.78, 5) is 0. The van der Waals surface area contributed by atoms with E-state index in [1.165, 1.54) is 0 Å². The fourth-order valence-electron chi connectivity index (χ4n) is 0.774. The summed E-state index contributed by atoms with van der Waals surface area (Å²) < 4.78 is 5.29. The number of hydrogen-bond acceptors (Lipinski definition) is 1. The Balaban J connectivity index is 2.72. The Morgan fingerprint density at radius 2 is 2.08 bits per heavy atom. The lowest BCUT2D eigenvalue weighted by Gasteiger charge is -2.05. The average molecular weight is 204 g/mol. The standard InChI is InChI=1S/C9H9Cl2O/c1-2-5-12-9-4-3-7(10)6-8(9)11/h3-4,6H,1-2,5H2. The fourth-order valence-corrected chi connectivity index (χ4v) is 1.24. The van der Waals surface area contributed by atoms with Gasteiger partial charge in [0.15, 0.2) is 0 Å². The second kappa shape index (κ2) is 4.58. The van der Waals surface area contributed by atoms with E-state index in [-0.39, 0.29) is 0 Å². The van der Waals surface area contributed by atoms with E-state index in [9.17, 15) is 0 Å². The molecule has 0 N–H and O–H groups in total. The van der Waals surface area contributed by atoms with Gasteiger partial charge in [0.25, 0.3) is 0 Å². The molecule has 0 amide bonds. The summed E-state index contributed by atoms with van der Waals surface area (Å²) in [6, 6.07) is 5.15. The van der Waals surface area contributed by atoms with E-state index in [1.54, 1.807) is 18.2 Å². The molecule has 0 spiro atoms. The van der Waals surface area contributed by atoms with Crippen molar-refractivity contribution in [1.29, 1.82) is 0 Å². The SMILES string of the molecule is [CH2]CCOc1ccc(Cl)cc1Cl. The molecule has 1 rings (SSSR count). The van der Waals surface area contributed by atoms with Crippen molar-refractivity contribution in [3.63, 3.8) is 0 Å². The van der Waals surface area contributed by atoms with E-state index in [1.807, 2.05) is 0 Å². The maximum absolute atomic E-state index is 5.84. The average Bonchev–Trinajstić information content (AvgIpc) is 2.03. The number of ether oxygens (including phenoxy) is 1. The highest BCUT2D eigenvalue weighted by Gasteiger charge is 2.00. The van der Waals surface area contributed by atoms with E-state index in [2.05, 4.69) is 6.92 Å². The molecule has 0 saturated carbocycles. The molecule has 0 aliphatic rings. The summed E-state index contributed by atoms with van der Waals surface area (Å²) >= 11 is 11.5. The molecular weight excluding hydrogens is 195 g/mol. The van der Waals surface area contributed by atoms with Crippen molar-refractivity contribution in [1.82, 2.24) is 0 Å². The van der Waals surface area contributed by atoms with Crippen LogP contribution in [0.15, 0.2) is 18.2 Å². The molecule has 0 fully saturated rings. The molecule has 12 heavy (non-hydrogen) atoms. The highest BCUT2D eigenvalue weighted by molar-refractivity contribution is 6.35. The van der Waals surface area contributed by atoms with Crippen LogP contribution in [-0.4, -0.2) is 6.61 Å². The normalized spacial score (nSPS) is 9.92. The molecule has 0 aromatic heterocycles. The first-order valence-electron chi connectivity index (χ1n) is 3.61. The predicted molar refractivity (Wildman–Crippen MR) is 51.9 cm³/mol. The van der Waals surface area contributed by atoms with Crippen molar-refractivity contribution in [3.05, 3.63) is 35.2 Å². The summed E-state index contributed by atoms with van der Waals surface area (Å²) in [5.74, 6) is 0.657. The van der Waals surface area contributed by atoms with Crippen molar-refractivity contribution in [2.24, 2.45) is 0 Å². The molecule has 0 aliphatic carbocycles. The molecular formula is C9H9Cl2O. The van der Waals surface area contributed by atoms with Gasteiger partial charge in [0.2, 0.25) is 0 Å². The van der Waals surface area contributed by atoms with Gasteiger partial charge in [-0.1, -0.05) is 23.2 Å². The molecule has 0 aliphatic heterocycles. The first-order valence-corrected chi connectivity index (χ1v) is 4.36. The molecule has 1 nitrogen and oxygen atoms in total. The van der Waals surface area contributed by atoms with Gasteiger partial charge in [-0.05, 0) is 31.5 Å². The molecule has 1 aromatic carbocycles. The third-order valence-corrected chi connectivity index (χ3v) is 1.83. The lowest BCUT2D eigenvalue weighted by molar-refractivity contribution is 0.324. The molecule has 1 radical (unpaired) electrons. The first kappa shape index (κ1) is 9.69. The summed E-state index contributed by atoms with van der Waals surface area (Å²) in [6.45, 7) is 4.22. The van der Waals surface area contributed by atoms with Gasteiger partial charge in [0.1, 0.15) is 5.75 Å². The lowest BCUT2D eigenvalue weighted by Crippen LogP contribution is -1.95. The van der Waals surface area contributed by atoms with Gasteiger partial charge >= 0.3 is 0 Å². The molecule has 0 saturated heterocycles. The third-order valence-electron chi connectivity index (χ3n) is 1.30. The summed E-state index contributed by atoms with van der Waals surface area (Å²) in [5, 5.41) is 1.15. The van der Waals surface area contributed by atoms with Crippen molar-refractivity contribution in [2.75, 3.05) is 6.61 Å². The largest absolute Gasteiger partial charge is 0.492 e. The molecule has 0 atom stereocenters. The Labute approximate surface area is 82.2 Å². The van der Waals surface area contributed by atoms with Gasteiger partial charge in [0.05, 0.1) is 11.6 Å².